The van der Waals surface area contributed by atoms with Crippen LogP contribution >= 0.6 is 27.5 Å². The summed E-state index contributed by atoms with van der Waals surface area (Å²) in [6, 6.07) is 10.2. The van der Waals surface area contributed by atoms with E-state index in [0.717, 1.165) is 16.9 Å². The molecule has 0 amide bonds. The fourth-order valence-electron chi connectivity index (χ4n) is 1.72. The Morgan fingerprint density at radius 3 is 2.65 bits per heavy atom. The lowest BCUT2D eigenvalue weighted by Gasteiger charge is -2.11. The van der Waals surface area contributed by atoms with Gasteiger partial charge in [-0.05, 0) is 51.8 Å². The third kappa shape index (κ3) is 3.64. The van der Waals surface area contributed by atoms with Crippen molar-refractivity contribution in [2.24, 2.45) is 0 Å². The molecule has 0 N–H and O–H groups in total. The second-order valence-corrected chi connectivity index (χ2v) is 5.27. The van der Waals surface area contributed by atoms with Crippen LogP contribution in [-0.4, -0.2) is 7.11 Å². The van der Waals surface area contributed by atoms with Crippen LogP contribution < -0.4 is 9.47 Å². The first-order valence-corrected chi connectivity index (χ1v) is 7.26. The number of benzene rings is 2. The predicted octanol–water partition coefficient (Wildman–Crippen LogP) is 4.91. The SMILES string of the molecule is COc1ccc(OCc2ccc(F)c(Br)c2)c(CCl)c1. The van der Waals surface area contributed by atoms with Crippen molar-refractivity contribution in [1.82, 2.24) is 0 Å². The molecule has 20 heavy (non-hydrogen) atoms. The molecular formula is C15H13BrClFO2. The van der Waals surface area contributed by atoms with Gasteiger partial charge in [-0.25, -0.2) is 4.39 Å². The number of halogens is 3. The lowest BCUT2D eigenvalue weighted by molar-refractivity contribution is 0.302. The number of ether oxygens (including phenoxy) is 2. The van der Waals surface area contributed by atoms with Crippen LogP contribution in [0.2, 0.25) is 0 Å². The molecule has 0 spiro atoms. The van der Waals surface area contributed by atoms with Gasteiger partial charge in [-0.15, -0.1) is 11.6 Å². The average molecular weight is 360 g/mol. The smallest absolute Gasteiger partial charge is 0.137 e. The summed E-state index contributed by atoms with van der Waals surface area (Å²) in [7, 11) is 1.60. The van der Waals surface area contributed by atoms with E-state index < -0.39 is 0 Å². The molecular weight excluding hydrogens is 347 g/mol. The number of rotatable bonds is 5. The van der Waals surface area contributed by atoms with E-state index in [9.17, 15) is 4.39 Å². The highest BCUT2D eigenvalue weighted by Gasteiger charge is 2.06. The van der Waals surface area contributed by atoms with Crippen molar-refractivity contribution in [1.29, 1.82) is 0 Å². The molecule has 0 aromatic heterocycles. The summed E-state index contributed by atoms with van der Waals surface area (Å²) < 4.78 is 24.4. The van der Waals surface area contributed by atoms with Crippen molar-refractivity contribution in [3.63, 3.8) is 0 Å². The molecule has 5 heteroatoms. The molecule has 2 aromatic rings. The van der Waals surface area contributed by atoms with Crippen molar-refractivity contribution >= 4 is 27.5 Å². The van der Waals surface area contributed by atoms with Gasteiger partial charge < -0.3 is 9.47 Å². The lowest BCUT2D eigenvalue weighted by atomic mass is 10.2. The van der Waals surface area contributed by atoms with Gasteiger partial charge in [0.05, 0.1) is 17.5 Å². The number of alkyl halides is 1. The monoisotopic (exact) mass is 358 g/mol. The van der Waals surface area contributed by atoms with Gasteiger partial charge in [0.25, 0.3) is 0 Å². The molecule has 0 radical (unpaired) electrons. The fourth-order valence-corrected chi connectivity index (χ4v) is 2.35. The summed E-state index contributed by atoms with van der Waals surface area (Å²) in [4.78, 5) is 0. The quantitative estimate of drug-likeness (QED) is 0.706. The average Bonchev–Trinajstić information content (AvgIpc) is 2.48. The summed E-state index contributed by atoms with van der Waals surface area (Å²) in [6.07, 6.45) is 0. The van der Waals surface area contributed by atoms with Gasteiger partial charge in [-0.2, -0.15) is 0 Å². The van der Waals surface area contributed by atoms with E-state index >= 15 is 0 Å². The van der Waals surface area contributed by atoms with Crippen LogP contribution in [0.5, 0.6) is 11.5 Å². The molecule has 0 saturated heterocycles. The van der Waals surface area contributed by atoms with Crippen molar-refractivity contribution in [3.05, 3.63) is 57.8 Å². The molecule has 0 heterocycles. The zero-order valence-corrected chi connectivity index (χ0v) is 13.2. The third-order valence-electron chi connectivity index (χ3n) is 2.79. The molecule has 2 nitrogen and oxygen atoms in total. The molecule has 0 bridgehead atoms. The fraction of sp³-hybridized carbons (Fsp3) is 0.200. The van der Waals surface area contributed by atoms with Gasteiger partial charge in [0.15, 0.2) is 0 Å². The zero-order valence-electron chi connectivity index (χ0n) is 10.8. The highest BCUT2D eigenvalue weighted by Crippen LogP contribution is 2.27. The molecule has 2 aromatic carbocycles. The normalized spacial score (nSPS) is 10.4. The summed E-state index contributed by atoms with van der Waals surface area (Å²) in [5.41, 5.74) is 1.72. The highest BCUT2D eigenvalue weighted by atomic mass is 79.9. The summed E-state index contributed by atoms with van der Waals surface area (Å²) in [6.45, 7) is 0.342. The minimum atomic E-state index is -0.292. The minimum Gasteiger partial charge on any atom is -0.497 e. The van der Waals surface area contributed by atoms with Crippen LogP contribution in [0.1, 0.15) is 11.1 Å². The van der Waals surface area contributed by atoms with E-state index in [4.69, 9.17) is 21.1 Å². The van der Waals surface area contributed by atoms with Gasteiger partial charge in [-0.1, -0.05) is 6.07 Å². The molecule has 0 unspecified atom stereocenters. The summed E-state index contributed by atoms with van der Waals surface area (Å²) in [5.74, 6) is 1.47. The largest absolute Gasteiger partial charge is 0.497 e. The van der Waals surface area contributed by atoms with E-state index in [0.29, 0.717) is 22.7 Å². The van der Waals surface area contributed by atoms with E-state index in [2.05, 4.69) is 15.9 Å². The second-order valence-electron chi connectivity index (χ2n) is 4.14. The summed E-state index contributed by atoms with van der Waals surface area (Å²) >= 11 is 9.05. The topological polar surface area (TPSA) is 18.5 Å². The second kappa shape index (κ2) is 6.95. The first-order chi connectivity index (χ1) is 9.63. The molecule has 2 rings (SSSR count). The Labute approximate surface area is 130 Å². The van der Waals surface area contributed by atoms with E-state index in [1.807, 2.05) is 18.2 Å². The molecule has 0 aliphatic heterocycles. The Morgan fingerprint density at radius 2 is 2.00 bits per heavy atom. The molecule has 0 fully saturated rings. The number of methoxy groups -OCH3 is 1. The van der Waals surface area contributed by atoms with Crippen LogP contribution in [0.25, 0.3) is 0 Å². The van der Waals surface area contributed by atoms with Crippen LogP contribution in [0.4, 0.5) is 4.39 Å². The number of hydrogen-bond acceptors (Lipinski definition) is 2. The Kier molecular flexibility index (Phi) is 5.26. The Balaban J connectivity index is 2.12. The van der Waals surface area contributed by atoms with Crippen LogP contribution in [0, 0.1) is 5.82 Å². The molecule has 0 saturated carbocycles. The Bertz CT molecular complexity index is 604. The van der Waals surface area contributed by atoms with Crippen molar-refractivity contribution in [3.8, 4) is 11.5 Å². The van der Waals surface area contributed by atoms with Crippen LogP contribution in [0.15, 0.2) is 40.9 Å². The van der Waals surface area contributed by atoms with E-state index in [-0.39, 0.29) is 5.82 Å². The van der Waals surface area contributed by atoms with Crippen LogP contribution in [0.3, 0.4) is 0 Å². The zero-order chi connectivity index (χ0) is 14.5. The van der Waals surface area contributed by atoms with Gasteiger partial charge in [-0.3, -0.25) is 0 Å². The van der Waals surface area contributed by atoms with Crippen LogP contribution in [-0.2, 0) is 12.5 Å². The Morgan fingerprint density at radius 1 is 1.20 bits per heavy atom. The molecule has 0 aliphatic carbocycles. The van der Waals surface area contributed by atoms with Crippen molar-refractivity contribution in [2.45, 2.75) is 12.5 Å². The highest BCUT2D eigenvalue weighted by molar-refractivity contribution is 9.10. The first-order valence-electron chi connectivity index (χ1n) is 5.93. The van der Waals surface area contributed by atoms with Crippen molar-refractivity contribution in [2.75, 3.05) is 7.11 Å². The van der Waals surface area contributed by atoms with Gasteiger partial charge in [0.1, 0.15) is 23.9 Å². The van der Waals surface area contributed by atoms with Crippen molar-refractivity contribution < 1.29 is 13.9 Å². The maximum atomic E-state index is 13.1. The lowest BCUT2D eigenvalue weighted by Crippen LogP contribution is -1.99. The standard InChI is InChI=1S/C15H13BrClFO2/c1-19-12-3-5-15(11(7-12)8-17)20-9-10-2-4-14(18)13(16)6-10/h2-7H,8-9H2,1H3. The minimum absolute atomic E-state index is 0.292. The Hall–Kier alpha value is -1.26. The maximum Gasteiger partial charge on any atom is 0.137 e. The third-order valence-corrected chi connectivity index (χ3v) is 3.69. The first kappa shape index (κ1) is 15.1. The maximum absolute atomic E-state index is 13.1. The number of hydrogen-bond donors (Lipinski definition) is 0. The summed E-state index contributed by atoms with van der Waals surface area (Å²) in [5, 5.41) is 0. The molecule has 106 valence electrons. The molecule has 0 atom stereocenters. The van der Waals surface area contributed by atoms with Gasteiger partial charge >= 0.3 is 0 Å². The van der Waals surface area contributed by atoms with E-state index in [1.165, 1.54) is 6.07 Å². The van der Waals surface area contributed by atoms with E-state index in [1.54, 1.807) is 19.2 Å². The van der Waals surface area contributed by atoms with Gasteiger partial charge in [0.2, 0.25) is 0 Å². The molecule has 0 aliphatic rings. The predicted molar refractivity (Wildman–Crippen MR) is 81.0 cm³/mol. The van der Waals surface area contributed by atoms with Gasteiger partial charge in [0, 0.05) is 5.56 Å².